The number of nitrogens with zero attached hydrogens (tertiary/aromatic N) is 1. The standard InChI is InChI=1S/C11H24N2O/c1-13-8-3-5-11(6-9-13)12-7-4-10-14-2/h11-12H,3-10H2,1-2H3. The van der Waals surface area contributed by atoms with E-state index in [0.717, 1.165) is 25.6 Å². The van der Waals surface area contributed by atoms with Gasteiger partial charge in [-0.05, 0) is 52.4 Å². The molecule has 1 aliphatic rings. The van der Waals surface area contributed by atoms with Gasteiger partial charge in [0.2, 0.25) is 0 Å². The molecule has 0 aliphatic carbocycles. The molecular weight excluding hydrogens is 176 g/mol. The molecule has 1 saturated heterocycles. The van der Waals surface area contributed by atoms with Crippen LogP contribution in [0, 0.1) is 0 Å². The Morgan fingerprint density at radius 1 is 1.36 bits per heavy atom. The lowest BCUT2D eigenvalue weighted by atomic mass is 10.1. The summed E-state index contributed by atoms with van der Waals surface area (Å²) in [6, 6.07) is 0.733. The summed E-state index contributed by atoms with van der Waals surface area (Å²) in [6.45, 7) is 4.47. The van der Waals surface area contributed by atoms with Crippen molar-refractivity contribution in [3.63, 3.8) is 0 Å². The first kappa shape index (κ1) is 12.0. The van der Waals surface area contributed by atoms with E-state index < -0.39 is 0 Å². The second-order valence-electron chi connectivity index (χ2n) is 4.23. The molecule has 3 nitrogen and oxygen atoms in total. The largest absolute Gasteiger partial charge is 0.385 e. The minimum atomic E-state index is 0.733. The van der Waals surface area contributed by atoms with Crippen molar-refractivity contribution in [1.29, 1.82) is 0 Å². The molecule has 0 amide bonds. The monoisotopic (exact) mass is 200 g/mol. The molecule has 1 atom stereocenters. The minimum Gasteiger partial charge on any atom is -0.385 e. The average Bonchev–Trinajstić information content (AvgIpc) is 2.38. The Morgan fingerprint density at radius 2 is 2.21 bits per heavy atom. The summed E-state index contributed by atoms with van der Waals surface area (Å²) in [4.78, 5) is 2.43. The van der Waals surface area contributed by atoms with E-state index >= 15 is 0 Å². The van der Waals surface area contributed by atoms with Crippen molar-refractivity contribution in [2.24, 2.45) is 0 Å². The summed E-state index contributed by atoms with van der Waals surface area (Å²) in [6.07, 6.45) is 5.09. The highest BCUT2D eigenvalue weighted by molar-refractivity contribution is 4.73. The van der Waals surface area contributed by atoms with Gasteiger partial charge in [-0.1, -0.05) is 0 Å². The number of methoxy groups -OCH3 is 1. The Morgan fingerprint density at radius 3 is 3.00 bits per heavy atom. The highest BCUT2D eigenvalue weighted by Crippen LogP contribution is 2.09. The SMILES string of the molecule is COCCCNC1CCCN(C)CC1. The van der Waals surface area contributed by atoms with Gasteiger partial charge in [0.05, 0.1) is 0 Å². The molecule has 0 bridgehead atoms. The van der Waals surface area contributed by atoms with Crippen molar-refractivity contribution in [2.45, 2.75) is 31.7 Å². The first-order chi connectivity index (χ1) is 6.83. The zero-order valence-corrected chi connectivity index (χ0v) is 9.59. The lowest BCUT2D eigenvalue weighted by molar-refractivity contribution is 0.192. The molecule has 1 rings (SSSR count). The fraction of sp³-hybridized carbons (Fsp3) is 1.00. The zero-order valence-electron chi connectivity index (χ0n) is 9.59. The van der Waals surface area contributed by atoms with Gasteiger partial charge < -0.3 is 15.0 Å². The van der Waals surface area contributed by atoms with E-state index in [1.165, 1.54) is 32.4 Å². The van der Waals surface area contributed by atoms with Gasteiger partial charge in [-0.15, -0.1) is 0 Å². The van der Waals surface area contributed by atoms with Gasteiger partial charge in [-0.2, -0.15) is 0 Å². The second-order valence-corrected chi connectivity index (χ2v) is 4.23. The van der Waals surface area contributed by atoms with Crippen molar-refractivity contribution < 1.29 is 4.74 Å². The van der Waals surface area contributed by atoms with Crippen LogP contribution in [-0.4, -0.2) is 51.3 Å². The zero-order chi connectivity index (χ0) is 10.2. The van der Waals surface area contributed by atoms with Crippen LogP contribution in [-0.2, 0) is 4.74 Å². The predicted octanol–water partition coefficient (Wildman–Crippen LogP) is 1.10. The fourth-order valence-electron chi connectivity index (χ4n) is 1.97. The molecule has 1 N–H and O–H groups in total. The van der Waals surface area contributed by atoms with Gasteiger partial charge in [0.1, 0.15) is 0 Å². The maximum Gasteiger partial charge on any atom is 0.0474 e. The van der Waals surface area contributed by atoms with Crippen LogP contribution in [0.3, 0.4) is 0 Å². The Kier molecular flexibility index (Phi) is 6.15. The molecule has 1 aliphatic heterocycles. The number of hydrogen-bond donors (Lipinski definition) is 1. The number of likely N-dealkylation sites (tertiary alicyclic amines) is 1. The predicted molar refractivity (Wildman–Crippen MR) is 59.6 cm³/mol. The van der Waals surface area contributed by atoms with E-state index in [-0.39, 0.29) is 0 Å². The third-order valence-corrected chi connectivity index (χ3v) is 2.91. The lowest BCUT2D eigenvalue weighted by Crippen LogP contribution is -2.31. The Bertz CT molecular complexity index is 141. The molecular formula is C11H24N2O. The molecule has 0 saturated carbocycles. The van der Waals surface area contributed by atoms with Crippen LogP contribution in [0.2, 0.25) is 0 Å². The molecule has 1 unspecified atom stereocenters. The third-order valence-electron chi connectivity index (χ3n) is 2.91. The van der Waals surface area contributed by atoms with Crippen molar-refractivity contribution in [3.8, 4) is 0 Å². The van der Waals surface area contributed by atoms with Crippen LogP contribution in [0.5, 0.6) is 0 Å². The molecule has 0 spiro atoms. The molecule has 0 aromatic heterocycles. The first-order valence-corrected chi connectivity index (χ1v) is 5.74. The summed E-state index contributed by atoms with van der Waals surface area (Å²) in [5.41, 5.74) is 0. The molecule has 0 aromatic rings. The summed E-state index contributed by atoms with van der Waals surface area (Å²) < 4.78 is 5.02. The van der Waals surface area contributed by atoms with E-state index in [2.05, 4.69) is 17.3 Å². The normalized spacial score (nSPS) is 24.9. The van der Waals surface area contributed by atoms with Gasteiger partial charge in [0.15, 0.2) is 0 Å². The summed E-state index contributed by atoms with van der Waals surface area (Å²) in [7, 11) is 3.98. The maximum atomic E-state index is 5.02. The fourth-order valence-corrected chi connectivity index (χ4v) is 1.97. The number of hydrogen-bond acceptors (Lipinski definition) is 3. The van der Waals surface area contributed by atoms with E-state index in [0.29, 0.717) is 0 Å². The molecule has 84 valence electrons. The van der Waals surface area contributed by atoms with Crippen LogP contribution in [0.15, 0.2) is 0 Å². The average molecular weight is 200 g/mol. The quantitative estimate of drug-likeness (QED) is 0.673. The molecule has 0 radical (unpaired) electrons. The second kappa shape index (κ2) is 7.21. The topological polar surface area (TPSA) is 24.5 Å². The van der Waals surface area contributed by atoms with Gasteiger partial charge in [0.25, 0.3) is 0 Å². The van der Waals surface area contributed by atoms with E-state index in [9.17, 15) is 0 Å². The lowest BCUT2D eigenvalue weighted by Gasteiger charge is -2.16. The van der Waals surface area contributed by atoms with Gasteiger partial charge in [-0.3, -0.25) is 0 Å². The highest BCUT2D eigenvalue weighted by atomic mass is 16.5. The number of ether oxygens (including phenoxy) is 1. The number of rotatable bonds is 5. The highest BCUT2D eigenvalue weighted by Gasteiger charge is 2.13. The summed E-state index contributed by atoms with van der Waals surface area (Å²) in [5, 5.41) is 3.61. The van der Waals surface area contributed by atoms with Gasteiger partial charge in [-0.25, -0.2) is 0 Å². The molecule has 0 aromatic carbocycles. The maximum absolute atomic E-state index is 5.02. The Balaban J connectivity index is 2.05. The molecule has 1 fully saturated rings. The van der Waals surface area contributed by atoms with Crippen molar-refractivity contribution >= 4 is 0 Å². The van der Waals surface area contributed by atoms with Crippen molar-refractivity contribution in [2.75, 3.05) is 40.4 Å². The summed E-state index contributed by atoms with van der Waals surface area (Å²) >= 11 is 0. The number of nitrogens with one attached hydrogen (secondary N) is 1. The van der Waals surface area contributed by atoms with Gasteiger partial charge >= 0.3 is 0 Å². The van der Waals surface area contributed by atoms with Crippen LogP contribution < -0.4 is 5.32 Å². The smallest absolute Gasteiger partial charge is 0.0474 e. The van der Waals surface area contributed by atoms with E-state index in [1.54, 1.807) is 7.11 Å². The van der Waals surface area contributed by atoms with E-state index in [1.807, 2.05) is 0 Å². The van der Waals surface area contributed by atoms with E-state index in [4.69, 9.17) is 4.74 Å². The van der Waals surface area contributed by atoms with Crippen LogP contribution in [0.1, 0.15) is 25.7 Å². The van der Waals surface area contributed by atoms with Crippen LogP contribution >= 0.6 is 0 Å². The summed E-state index contributed by atoms with van der Waals surface area (Å²) in [5.74, 6) is 0. The molecule has 14 heavy (non-hydrogen) atoms. The first-order valence-electron chi connectivity index (χ1n) is 5.74. The minimum absolute atomic E-state index is 0.733. The molecule has 1 heterocycles. The van der Waals surface area contributed by atoms with Crippen LogP contribution in [0.4, 0.5) is 0 Å². The van der Waals surface area contributed by atoms with Crippen molar-refractivity contribution in [3.05, 3.63) is 0 Å². The Hall–Kier alpha value is -0.120. The third kappa shape index (κ3) is 4.94. The molecule has 3 heteroatoms. The Labute approximate surface area is 87.8 Å². The van der Waals surface area contributed by atoms with Crippen LogP contribution in [0.25, 0.3) is 0 Å². The van der Waals surface area contributed by atoms with Gasteiger partial charge in [0, 0.05) is 19.8 Å². The van der Waals surface area contributed by atoms with Crippen molar-refractivity contribution in [1.82, 2.24) is 10.2 Å².